The lowest BCUT2D eigenvalue weighted by Gasteiger charge is -2.65. The summed E-state index contributed by atoms with van der Waals surface area (Å²) in [5.74, 6) is -2.05. The first-order valence-electron chi connectivity index (χ1n) is 12.1. The second kappa shape index (κ2) is 7.76. The van der Waals surface area contributed by atoms with Gasteiger partial charge in [0.15, 0.2) is 11.4 Å². The van der Waals surface area contributed by atoms with Crippen LogP contribution in [0.15, 0.2) is 0 Å². The molecule has 0 aromatic heterocycles. The third-order valence-corrected chi connectivity index (χ3v) is 10.4. The van der Waals surface area contributed by atoms with Gasteiger partial charge in [-0.2, -0.15) is 0 Å². The van der Waals surface area contributed by atoms with Gasteiger partial charge in [0.1, 0.15) is 11.5 Å². The summed E-state index contributed by atoms with van der Waals surface area (Å²) in [5.41, 5.74) is -4.99. The highest BCUT2D eigenvalue weighted by atomic mass is 35.5. The number of alkyl halides is 2. The van der Waals surface area contributed by atoms with Gasteiger partial charge in [-0.1, -0.05) is 27.7 Å². The molecule has 7 heteroatoms. The van der Waals surface area contributed by atoms with Gasteiger partial charge in [0.25, 0.3) is 0 Å². The minimum atomic E-state index is -1.84. The fourth-order valence-electron chi connectivity index (χ4n) is 8.59. The predicted molar refractivity (Wildman–Crippen MR) is 118 cm³/mol. The SMILES string of the molecule is CCC(=O)O[C@]1(C(=O)CCl)[C@H](C)C[C@@H]2[C@@H]3CC[C@@H]4CC(=O)CC[C@]4(C)[C@@]3(F)[C@@H](O)C[C@@]21C. The van der Waals surface area contributed by atoms with Gasteiger partial charge in [-0.25, -0.2) is 4.39 Å². The maximum atomic E-state index is 17.3. The lowest BCUT2D eigenvalue weighted by Crippen LogP contribution is -2.71. The Morgan fingerprint density at radius 1 is 1.22 bits per heavy atom. The van der Waals surface area contributed by atoms with Crippen LogP contribution in [-0.2, 0) is 19.1 Å². The number of aliphatic hydroxyl groups is 1. The standard InChI is InChI=1S/C25H36ClFO5/c1-5-21(31)32-25(20(30)13-26)14(2)10-18-17-7-6-15-11-16(28)8-9-22(15,3)24(17,27)19(29)12-23(18,25)4/h14-15,17-19,29H,5-13H2,1-4H3/t14-,15-,17+,18-,19+,22+,23+,24+,25+/m1/s1. The summed E-state index contributed by atoms with van der Waals surface area (Å²) in [4.78, 5) is 37.9. The predicted octanol–water partition coefficient (Wildman–Crippen LogP) is 4.41. The molecule has 0 bridgehead atoms. The molecule has 4 saturated carbocycles. The molecular weight excluding hydrogens is 435 g/mol. The monoisotopic (exact) mass is 470 g/mol. The van der Waals surface area contributed by atoms with E-state index in [4.69, 9.17) is 16.3 Å². The van der Waals surface area contributed by atoms with E-state index in [9.17, 15) is 19.5 Å². The maximum absolute atomic E-state index is 17.3. The molecule has 0 spiro atoms. The number of aliphatic hydroxyl groups excluding tert-OH is 1. The van der Waals surface area contributed by atoms with Crippen molar-refractivity contribution in [3.05, 3.63) is 0 Å². The van der Waals surface area contributed by atoms with Crippen molar-refractivity contribution >= 4 is 29.1 Å². The van der Waals surface area contributed by atoms with Crippen LogP contribution in [0.3, 0.4) is 0 Å². The summed E-state index contributed by atoms with van der Waals surface area (Å²) in [6.07, 6.45) is 1.85. The first-order valence-corrected chi connectivity index (χ1v) is 12.7. The Hall–Kier alpha value is -1.01. The Bertz CT molecular complexity index is 833. The maximum Gasteiger partial charge on any atom is 0.306 e. The van der Waals surface area contributed by atoms with E-state index in [1.807, 2.05) is 20.8 Å². The molecular formula is C25H36ClFO5. The molecule has 5 nitrogen and oxygen atoms in total. The minimum Gasteiger partial charge on any atom is -0.450 e. The van der Waals surface area contributed by atoms with Gasteiger partial charge in [0.05, 0.1) is 12.0 Å². The van der Waals surface area contributed by atoms with Gasteiger partial charge in [0.2, 0.25) is 0 Å². The minimum absolute atomic E-state index is 0.0326. The van der Waals surface area contributed by atoms with Crippen molar-refractivity contribution in [2.75, 3.05) is 5.88 Å². The molecule has 32 heavy (non-hydrogen) atoms. The van der Waals surface area contributed by atoms with Crippen LogP contribution in [0.1, 0.15) is 79.1 Å². The number of rotatable bonds is 4. The van der Waals surface area contributed by atoms with Crippen molar-refractivity contribution in [2.45, 2.75) is 96.4 Å². The van der Waals surface area contributed by atoms with Gasteiger partial charge in [-0.15, -0.1) is 11.6 Å². The molecule has 0 heterocycles. The van der Waals surface area contributed by atoms with Crippen molar-refractivity contribution in [1.82, 2.24) is 0 Å². The van der Waals surface area contributed by atoms with Gasteiger partial charge >= 0.3 is 5.97 Å². The lowest BCUT2D eigenvalue weighted by atomic mass is 9.42. The van der Waals surface area contributed by atoms with Crippen LogP contribution in [0, 0.1) is 34.5 Å². The fraction of sp³-hybridized carbons (Fsp3) is 0.880. The zero-order valence-corrected chi connectivity index (χ0v) is 20.3. The van der Waals surface area contributed by atoms with Crippen molar-refractivity contribution in [3.63, 3.8) is 0 Å². The Morgan fingerprint density at radius 3 is 2.53 bits per heavy atom. The summed E-state index contributed by atoms with van der Waals surface area (Å²) < 4.78 is 23.2. The molecule has 4 fully saturated rings. The Labute approximate surface area is 194 Å². The molecule has 0 aromatic carbocycles. The van der Waals surface area contributed by atoms with E-state index in [-0.39, 0.29) is 48.0 Å². The normalized spacial score (nSPS) is 50.2. The Balaban J connectivity index is 1.81. The van der Waals surface area contributed by atoms with Crippen molar-refractivity contribution in [3.8, 4) is 0 Å². The van der Waals surface area contributed by atoms with E-state index in [1.54, 1.807) is 6.92 Å². The van der Waals surface area contributed by atoms with Crippen LogP contribution in [0.4, 0.5) is 4.39 Å². The molecule has 4 rings (SSSR count). The third kappa shape index (κ3) is 2.80. The number of ether oxygens (including phenoxy) is 1. The third-order valence-electron chi connectivity index (χ3n) is 10.2. The van der Waals surface area contributed by atoms with Crippen LogP contribution < -0.4 is 0 Å². The lowest BCUT2D eigenvalue weighted by molar-refractivity contribution is -0.257. The molecule has 0 unspecified atom stereocenters. The first-order chi connectivity index (χ1) is 14.9. The first kappa shape index (κ1) is 24.1. The summed E-state index contributed by atoms with van der Waals surface area (Å²) in [6.45, 7) is 7.36. The van der Waals surface area contributed by atoms with E-state index in [0.29, 0.717) is 32.1 Å². The number of ketones is 2. The summed E-state index contributed by atoms with van der Waals surface area (Å²) in [5, 5.41) is 11.5. The van der Waals surface area contributed by atoms with Crippen LogP contribution in [-0.4, -0.2) is 45.9 Å². The smallest absolute Gasteiger partial charge is 0.306 e. The average Bonchev–Trinajstić information content (AvgIpc) is 2.96. The zero-order valence-electron chi connectivity index (χ0n) is 19.6. The van der Waals surface area contributed by atoms with Gasteiger partial charge < -0.3 is 9.84 Å². The number of carbonyl (C=O) groups is 3. The van der Waals surface area contributed by atoms with Crippen molar-refractivity contribution in [1.29, 1.82) is 0 Å². The number of fused-ring (bicyclic) bond motifs is 5. The molecule has 0 aliphatic heterocycles. The van der Waals surface area contributed by atoms with Crippen LogP contribution >= 0.6 is 11.6 Å². The number of hydrogen-bond acceptors (Lipinski definition) is 5. The molecule has 0 aromatic rings. The molecule has 4 aliphatic carbocycles. The summed E-state index contributed by atoms with van der Waals surface area (Å²) >= 11 is 6.03. The second-order valence-corrected chi connectivity index (χ2v) is 11.6. The molecule has 1 N–H and O–H groups in total. The van der Waals surface area contributed by atoms with E-state index in [2.05, 4.69) is 0 Å². The van der Waals surface area contributed by atoms with Crippen LogP contribution in [0.25, 0.3) is 0 Å². The Morgan fingerprint density at radius 2 is 1.91 bits per heavy atom. The largest absolute Gasteiger partial charge is 0.450 e. The van der Waals surface area contributed by atoms with E-state index in [0.717, 1.165) is 6.42 Å². The van der Waals surface area contributed by atoms with E-state index >= 15 is 4.39 Å². The number of hydrogen-bond donors (Lipinski definition) is 1. The molecule has 180 valence electrons. The molecule has 0 amide bonds. The van der Waals surface area contributed by atoms with Gasteiger partial charge in [0, 0.05) is 36.0 Å². The number of halogens is 2. The highest BCUT2D eigenvalue weighted by molar-refractivity contribution is 6.29. The molecule has 0 radical (unpaired) electrons. The topological polar surface area (TPSA) is 80.7 Å². The van der Waals surface area contributed by atoms with Crippen LogP contribution in [0.5, 0.6) is 0 Å². The quantitative estimate of drug-likeness (QED) is 0.486. The highest BCUT2D eigenvalue weighted by Gasteiger charge is 2.77. The average molecular weight is 471 g/mol. The summed E-state index contributed by atoms with van der Waals surface area (Å²) in [6, 6.07) is 0. The second-order valence-electron chi connectivity index (χ2n) is 11.3. The highest BCUT2D eigenvalue weighted by Crippen LogP contribution is 2.72. The van der Waals surface area contributed by atoms with E-state index in [1.165, 1.54) is 0 Å². The number of esters is 1. The zero-order chi connectivity index (χ0) is 23.7. The van der Waals surface area contributed by atoms with E-state index < -0.39 is 40.1 Å². The van der Waals surface area contributed by atoms with Crippen molar-refractivity contribution < 1.29 is 28.6 Å². The van der Waals surface area contributed by atoms with Crippen molar-refractivity contribution in [2.24, 2.45) is 34.5 Å². The molecule has 9 atom stereocenters. The number of Topliss-reactive ketones (excluding diaryl/α,β-unsaturated/α-hetero) is 2. The van der Waals surface area contributed by atoms with Crippen LogP contribution in [0.2, 0.25) is 0 Å². The van der Waals surface area contributed by atoms with Gasteiger partial charge in [-0.3, -0.25) is 14.4 Å². The number of carbonyl (C=O) groups excluding carboxylic acids is 3. The molecule has 4 aliphatic rings. The fourth-order valence-corrected chi connectivity index (χ4v) is 8.79. The summed E-state index contributed by atoms with van der Waals surface area (Å²) in [7, 11) is 0. The van der Waals surface area contributed by atoms with Gasteiger partial charge in [-0.05, 0) is 49.9 Å². The molecule has 0 saturated heterocycles. The Kier molecular flexibility index (Phi) is 5.85.